The van der Waals surface area contributed by atoms with Gasteiger partial charge in [-0.1, -0.05) is 18.2 Å². The van der Waals surface area contributed by atoms with Gasteiger partial charge in [-0.2, -0.15) is 5.10 Å². The molecule has 0 saturated heterocycles. The molecule has 0 atom stereocenters. The fourth-order valence-corrected chi connectivity index (χ4v) is 4.19. The van der Waals surface area contributed by atoms with E-state index in [1.165, 1.54) is 4.90 Å². The summed E-state index contributed by atoms with van der Waals surface area (Å²) in [5.74, 6) is -0.673. The number of thiophene rings is 1. The van der Waals surface area contributed by atoms with Crippen molar-refractivity contribution in [1.29, 1.82) is 0 Å². The second-order valence-electron chi connectivity index (χ2n) is 7.13. The molecular weight excluding hydrogens is 400 g/mol. The zero-order valence-corrected chi connectivity index (χ0v) is 17.4. The van der Waals surface area contributed by atoms with E-state index in [1.807, 2.05) is 35.2 Å². The largest absolute Gasteiger partial charge is 0.354 e. The van der Waals surface area contributed by atoms with Crippen LogP contribution < -0.4 is 5.32 Å². The molecule has 7 nitrogen and oxygen atoms in total. The number of hydrogen-bond donors (Lipinski definition) is 1. The van der Waals surface area contributed by atoms with Gasteiger partial charge in [0.05, 0.1) is 22.5 Å². The molecule has 3 heterocycles. The molecule has 1 aliphatic rings. The van der Waals surface area contributed by atoms with Crippen LogP contribution >= 0.6 is 11.3 Å². The molecule has 1 aromatic carbocycles. The summed E-state index contributed by atoms with van der Waals surface area (Å²) in [6.07, 6.45) is 0.687. The molecule has 0 saturated carbocycles. The Bertz CT molecular complexity index is 1050. The summed E-state index contributed by atoms with van der Waals surface area (Å²) < 4.78 is 1.88. The van der Waals surface area contributed by atoms with Gasteiger partial charge in [0, 0.05) is 25.2 Å². The molecule has 0 bridgehead atoms. The van der Waals surface area contributed by atoms with Gasteiger partial charge < -0.3 is 5.32 Å². The van der Waals surface area contributed by atoms with Crippen LogP contribution in [-0.4, -0.2) is 45.5 Å². The normalized spacial score (nSPS) is 13.0. The fourth-order valence-electron chi connectivity index (χ4n) is 3.51. The summed E-state index contributed by atoms with van der Waals surface area (Å²) in [5, 5.41) is 9.50. The van der Waals surface area contributed by atoms with E-state index in [0.29, 0.717) is 30.6 Å². The van der Waals surface area contributed by atoms with Crippen molar-refractivity contribution in [3.8, 4) is 10.6 Å². The van der Waals surface area contributed by atoms with Crippen LogP contribution in [0.4, 0.5) is 0 Å². The van der Waals surface area contributed by atoms with Crippen LogP contribution in [0.3, 0.4) is 0 Å². The van der Waals surface area contributed by atoms with Crippen molar-refractivity contribution in [2.75, 3.05) is 13.1 Å². The lowest BCUT2D eigenvalue weighted by molar-refractivity contribution is -0.121. The maximum Gasteiger partial charge on any atom is 0.261 e. The molecule has 1 N–H and O–H groups in total. The topological polar surface area (TPSA) is 84.3 Å². The van der Waals surface area contributed by atoms with Crippen molar-refractivity contribution in [1.82, 2.24) is 20.0 Å². The van der Waals surface area contributed by atoms with Crippen LogP contribution in [0.5, 0.6) is 0 Å². The fraction of sp³-hybridized carbons (Fsp3) is 0.273. The quantitative estimate of drug-likeness (QED) is 0.566. The first-order valence-corrected chi connectivity index (χ1v) is 10.7. The second-order valence-corrected chi connectivity index (χ2v) is 8.08. The van der Waals surface area contributed by atoms with Crippen LogP contribution in [0.25, 0.3) is 10.6 Å². The highest BCUT2D eigenvalue weighted by Crippen LogP contribution is 2.24. The first-order chi connectivity index (χ1) is 14.5. The molecular formula is C22H22N4O3S. The summed E-state index contributed by atoms with van der Waals surface area (Å²) >= 11 is 1.65. The lowest BCUT2D eigenvalue weighted by atomic mass is 10.1. The van der Waals surface area contributed by atoms with Crippen molar-refractivity contribution in [2.24, 2.45) is 0 Å². The minimum Gasteiger partial charge on any atom is -0.354 e. The van der Waals surface area contributed by atoms with Crippen molar-refractivity contribution >= 4 is 29.1 Å². The lowest BCUT2D eigenvalue weighted by Gasteiger charge is -2.13. The molecule has 2 aromatic heterocycles. The van der Waals surface area contributed by atoms with Crippen molar-refractivity contribution < 1.29 is 14.4 Å². The smallest absolute Gasteiger partial charge is 0.261 e. The van der Waals surface area contributed by atoms with E-state index in [-0.39, 0.29) is 30.7 Å². The molecule has 4 rings (SSSR count). The third-order valence-electron chi connectivity index (χ3n) is 5.06. The van der Waals surface area contributed by atoms with Crippen molar-refractivity contribution in [3.05, 3.63) is 64.7 Å². The highest BCUT2D eigenvalue weighted by Gasteiger charge is 2.34. The highest BCUT2D eigenvalue weighted by molar-refractivity contribution is 7.13. The molecule has 0 radical (unpaired) electrons. The molecule has 1 aliphatic heterocycles. The summed E-state index contributed by atoms with van der Waals surface area (Å²) in [5.41, 5.74) is 2.85. The van der Waals surface area contributed by atoms with Crippen LogP contribution in [0, 0.1) is 6.92 Å². The van der Waals surface area contributed by atoms with Gasteiger partial charge in [-0.25, -0.2) is 0 Å². The molecule has 154 valence electrons. The number of carbonyl (C=O) groups is 3. The van der Waals surface area contributed by atoms with E-state index >= 15 is 0 Å². The molecule has 30 heavy (non-hydrogen) atoms. The maximum absolute atomic E-state index is 12.3. The third kappa shape index (κ3) is 4.04. The van der Waals surface area contributed by atoms with E-state index in [0.717, 1.165) is 16.3 Å². The van der Waals surface area contributed by atoms with Gasteiger partial charge in [-0.05, 0) is 43.0 Å². The average Bonchev–Trinajstić information content (AvgIpc) is 3.45. The van der Waals surface area contributed by atoms with Gasteiger partial charge in [-0.15, -0.1) is 11.3 Å². The summed E-state index contributed by atoms with van der Waals surface area (Å²) in [6.45, 7) is 3.29. The van der Waals surface area contributed by atoms with Gasteiger partial charge in [0.1, 0.15) is 5.69 Å². The van der Waals surface area contributed by atoms with Crippen LogP contribution in [0.15, 0.2) is 47.8 Å². The predicted octanol–water partition coefficient (Wildman–Crippen LogP) is 3.11. The van der Waals surface area contributed by atoms with Crippen molar-refractivity contribution in [2.45, 2.75) is 26.3 Å². The lowest BCUT2D eigenvalue weighted by Crippen LogP contribution is -2.32. The Morgan fingerprint density at radius 2 is 1.80 bits per heavy atom. The van der Waals surface area contributed by atoms with Gasteiger partial charge in [0.2, 0.25) is 5.91 Å². The van der Waals surface area contributed by atoms with E-state index < -0.39 is 0 Å². The molecule has 3 amide bonds. The Hall–Kier alpha value is -3.26. The zero-order valence-electron chi connectivity index (χ0n) is 16.6. The summed E-state index contributed by atoms with van der Waals surface area (Å²) in [4.78, 5) is 39.1. The monoisotopic (exact) mass is 422 g/mol. The van der Waals surface area contributed by atoms with Crippen LogP contribution in [0.2, 0.25) is 0 Å². The number of carbonyl (C=O) groups excluding carboxylic acids is 3. The van der Waals surface area contributed by atoms with Crippen molar-refractivity contribution in [3.63, 3.8) is 0 Å². The number of nitrogens with zero attached hydrogens (tertiary/aromatic N) is 3. The van der Waals surface area contributed by atoms with Gasteiger partial charge in [0.25, 0.3) is 11.8 Å². The van der Waals surface area contributed by atoms with Crippen LogP contribution in [-0.2, 0) is 11.3 Å². The predicted molar refractivity (Wildman–Crippen MR) is 114 cm³/mol. The standard InChI is InChI=1S/C22H22N4O3S/c1-15-14-18(19-8-5-13-30-19)24-26(15)12-10-23-20(27)9-4-11-25-21(28)16-6-2-3-7-17(16)22(25)29/h2-3,5-8,13-14H,4,9-12H2,1H3,(H,23,27). The Morgan fingerprint density at radius 3 is 2.47 bits per heavy atom. The number of amides is 3. The number of aromatic nitrogens is 2. The summed E-state index contributed by atoms with van der Waals surface area (Å²) in [7, 11) is 0. The number of rotatable bonds is 8. The molecule has 0 aliphatic carbocycles. The molecule has 0 spiro atoms. The molecule has 3 aromatic rings. The van der Waals surface area contributed by atoms with E-state index in [9.17, 15) is 14.4 Å². The van der Waals surface area contributed by atoms with Crippen LogP contribution in [0.1, 0.15) is 39.3 Å². The Balaban J connectivity index is 1.21. The Kier molecular flexibility index (Phi) is 5.76. The number of aryl methyl sites for hydroxylation is 1. The number of fused-ring (bicyclic) bond motifs is 1. The molecule has 8 heteroatoms. The SMILES string of the molecule is Cc1cc(-c2cccs2)nn1CCNC(=O)CCCN1C(=O)c2ccccc2C1=O. The average molecular weight is 423 g/mol. The first-order valence-electron chi connectivity index (χ1n) is 9.85. The summed E-state index contributed by atoms with van der Waals surface area (Å²) in [6, 6.07) is 12.9. The second kappa shape index (κ2) is 8.62. The van der Waals surface area contributed by atoms with Gasteiger partial charge >= 0.3 is 0 Å². The number of imide groups is 1. The molecule has 0 fully saturated rings. The Labute approximate surface area is 178 Å². The Morgan fingerprint density at radius 1 is 1.07 bits per heavy atom. The van der Waals surface area contributed by atoms with Gasteiger partial charge in [0.15, 0.2) is 0 Å². The van der Waals surface area contributed by atoms with E-state index in [1.54, 1.807) is 35.6 Å². The maximum atomic E-state index is 12.3. The number of benzene rings is 1. The minimum absolute atomic E-state index is 0.102. The first kappa shape index (κ1) is 20.0. The van der Waals surface area contributed by atoms with Gasteiger partial charge in [-0.3, -0.25) is 24.0 Å². The number of nitrogens with one attached hydrogen (secondary N) is 1. The zero-order chi connectivity index (χ0) is 21.1. The molecule has 0 unspecified atom stereocenters. The van der Waals surface area contributed by atoms with E-state index in [2.05, 4.69) is 10.4 Å². The van der Waals surface area contributed by atoms with E-state index in [4.69, 9.17) is 0 Å². The highest BCUT2D eigenvalue weighted by atomic mass is 32.1. The minimum atomic E-state index is -0.285. The third-order valence-corrected chi connectivity index (χ3v) is 5.96. The number of hydrogen-bond acceptors (Lipinski definition) is 5.